The lowest BCUT2D eigenvalue weighted by molar-refractivity contribution is -0.186. The maximum Gasteiger partial charge on any atom is 0.471 e. The molecule has 0 bridgehead atoms. The molecule has 0 radical (unpaired) electrons. The van der Waals surface area contributed by atoms with Crippen LogP contribution in [0.3, 0.4) is 0 Å². The third-order valence-corrected chi connectivity index (χ3v) is 3.75. The molecule has 1 aromatic rings. The Kier molecular flexibility index (Phi) is 4.51. The molecule has 0 atom stereocenters. The molecule has 1 amide bonds. The number of nitriles is 1. The van der Waals surface area contributed by atoms with E-state index in [9.17, 15) is 18.0 Å². The van der Waals surface area contributed by atoms with E-state index in [4.69, 9.17) is 5.26 Å². The first-order chi connectivity index (χ1) is 9.90. The van der Waals surface area contributed by atoms with Crippen LogP contribution in [0.2, 0.25) is 0 Å². The van der Waals surface area contributed by atoms with Crippen LogP contribution in [-0.4, -0.2) is 30.1 Å². The number of hydrogen-bond acceptors (Lipinski definition) is 2. The average molecular weight is 296 g/mol. The summed E-state index contributed by atoms with van der Waals surface area (Å²) in [6.07, 6.45) is -2.87. The van der Waals surface area contributed by atoms with E-state index in [0.29, 0.717) is 18.4 Å². The minimum absolute atomic E-state index is 0.152. The van der Waals surface area contributed by atoms with Gasteiger partial charge in [0.25, 0.3) is 0 Å². The Hall–Kier alpha value is -2.03. The monoisotopic (exact) mass is 296 g/mol. The highest BCUT2D eigenvalue weighted by Gasteiger charge is 2.43. The molecular weight excluding hydrogens is 281 g/mol. The minimum Gasteiger partial charge on any atom is -0.335 e. The molecule has 1 saturated heterocycles. The van der Waals surface area contributed by atoms with Gasteiger partial charge in [-0.15, -0.1) is 0 Å². The Labute approximate surface area is 121 Å². The van der Waals surface area contributed by atoms with Crippen molar-refractivity contribution in [1.82, 2.24) is 4.90 Å². The lowest BCUT2D eigenvalue weighted by atomic mass is 9.90. The fraction of sp³-hybridized carbons (Fsp3) is 0.467. The predicted molar refractivity (Wildman–Crippen MR) is 70.2 cm³/mol. The van der Waals surface area contributed by atoms with Gasteiger partial charge in [-0.3, -0.25) is 4.79 Å². The summed E-state index contributed by atoms with van der Waals surface area (Å²) in [5.74, 6) is -1.46. The van der Waals surface area contributed by atoms with Crippen LogP contribution < -0.4 is 0 Å². The highest BCUT2D eigenvalue weighted by Crippen LogP contribution is 2.25. The molecule has 6 heteroatoms. The molecule has 1 aromatic carbocycles. The quantitative estimate of drug-likeness (QED) is 0.842. The number of likely N-dealkylation sites (tertiary alicyclic amines) is 1. The number of alkyl halides is 3. The Morgan fingerprint density at radius 1 is 1.24 bits per heavy atom. The van der Waals surface area contributed by atoms with Crippen molar-refractivity contribution in [3.63, 3.8) is 0 Å². The molecule has 0 saturated carbocycles. The fourth-order valence-electron chi connectivity index (χ4n) is 2.57. The zero-order chi connectivity index (χ0) is 15.5. The molecule has 112 valence electrons. The van der Waals surface area contributed by atoms with Crippen LogP contribution in [0.25, 0.3) is 0 Å². The van der Waals surface area contributed by atoms with Gasteiger partial charge in [-0.2, -0.15) is 18.4 Å². The zero-order valence-corrected chi connectivity index (χ0v) is 11.4. The number of carbonyl (C=O) groups excluding carboxylic acids is 1. The summed E-state index contributed by atoms with van der Waals surface area (Å²) in [4.78, 5) is 12.0. The predicted octanol–water partition coefficient (Wildman–Crippen LogP) is 2.90. The van der Waals surface area contributed by atoms with E-state index in [1.54, 1.807) is 12.1 Å². The van der Waals surface area contributed by atoms with E-state index in [2.05, 4.69) is 0 Å². The van der Waals surface area contributed by atoms with E-state index in [1.807, 2.05) is 18.2 Å². The summed E-state index contributed by atoms with van der Waals surface area (Å²) in [5.41, 5.74) is 1.65. The van der Waals surface area contributed by atoms with Crippen LogP contribution in [-0.2, 0) is 11.2 Å². The van der Waals surface area contributed by atoms with Crippen LogP contribution in [0.4, 0.5) is 13.2 Å². The van der Waals surface area contributed by atoms with Crippen LogP contribution in [0, 0.1) is 17.2 Å². The maximum absolute atomic E-state index is 12.3. The molecule has 2 rings (SSSR count). The Balaban J connectivity index is 1.87. The van der Waals surface area contributed by atoms with Gasteiger partial charge in [0, 0.05) is 13.1 Å². The third-order valence-electron chi connectivity index (χ3n) is 3.75. The third kappa shape index (κ3) is 3.97. The SMILES string of the molecule is N#Cc1ccc(CC2CCN(C(=O)C(F)(F)F)CC2)cc1. The van der Waals surface area contributed by atoms with Crippen molar-refractivity contribution in [3.8, 4) is 6.07 Å². The van der Waals surface area contributed by atoms with Crippen molar-refractivity contribution >= 4 is 5.91 Å². The van der Waals surface area contributed by atoms with Gasteiger partial charge in [-0.05, 0) is 42.9 Å². The number of amides is 1. The molecule has 1 fully saturated rings. The second kappa shape index (κ2) is 6.17. The largest absolute Gasteiger partial charge is 0.471 e. The molecule has 1 aliphatic heterocycles. The summed E-state index contributed by atoms with van der Waals surface area (Å²) >= 11 is 0. The fourth-order valence-corrected chi connectivity index (χ4v) is 2.57. The lowest BCUT2D eigenvalue weighted by Gasteiger charge is -2.32. The van der Waals surface area contributed by atoms with E-state index in [1.165, 1.54) is 0 Å². The lowest BCUT2D eigenvalue weighted by Crippen LogP contribution is -2.45. The summed E-state index contributed by atoms with van der Waals surface area (Å²) < 4.78 is 37.0. The smallest absolute Gasteiger partial charge is 0.335 e. The number of piperidine rings is 1. The van der Waals surface area contributed by atoms with Gasteiger partial charge in [-0.1, -0.05) is 12.1 Å². The van der Waals surface area contributed by atoms with E-state index < -0.39 is 12.1 Å². The van der Waals surface area contributed by atoms with Gasteiger partial charge < -0.3 is 4.90 Å². The van der Waals surface area contributed by atoms with Crippen molar-refractivity contribution < 1.29 is 18.0 Å². The maximum atomic E-state index is 12.3. The first kappa shape index (κ1) is 15.4. The normalized spacial score (nSPS) is 16.6. The Bertz CT molecular complexity index is 538. The standard InChI is InChI=1S/C15H15F3N2O/c16-15(17,18)14(21)20-7-5-12(6-8-20)9-11-1-3-13(10-19)4-2-11/h1-4,12H,5-9H2. The highest BCUT2D eigenvalue weighted by atomic mass is 19.4. The first-order valence-electron chi connectivity index (χ1n) is 6.75. The number of nitrogens with zero attached hydrogens (tertiary/aromatic N) is 2. The van der Waals surface area contributed by atoms with Gasteiger partial charge in [-0.25, -0.2) is 0 Å². The number of halogens is 3. The molecule has 0 unspecified atom stereocenters. The van der Waals surface area contributed by atoms with Crippen LogP contribution >= 0.6 is 0 Å². The zero-order valence-electron chi connectivity index (χ0n) is 11.4. The second-order valence-electron chi connectivity index (χ2n) is 5.25. The summed E-state index contributed by atoms with van der Waals surface area (Å²) in [7, 11) is 0. The van der Waals surface area contributed by atoms with E-state index >= 15 is 0 Å². The Morgan fingerprint density at radius 2 is 1.81 bits per heavy atom. The number of rotatable bonds is 2. The molecule has 3 nitrogen and oxygen atoms in total. The van der Waals surface area contributed by atoms with Gasteiger partial charge in [0.05, 0.1) is 11.6 Å². The average Bonchev–Trinajstić information content (AvgIpc) is 2.47. The van der Waals surface area contributed by atoms with Crippen LogP contribution in [0.1, 0.15) is 24.0 Å². The number of benzene rings is 1. The van der Waals surface area contributed by atoms with Gasteiger partial charge in [0.1, 0.15) is 0 Å². The second-order valence-corrected chi connectivity index (χ2v) is 5.25. The van der Waals surface area contributed by atoms with Gasteiger partial charge in [0.2, 0.25) is 0 Å². The summed E-state index contributed by atoms with van der Waals surface area (Å²) in [6.45, 7) is 0.304. The molecule has 1 aliphatic rings. The van der Waals surface area contributed by atoms with E-state index in [-0.39, 0.29) is 19.0 Å². The molecule has 21 heavy (non-hydrogen) atoms. The molecule has 1 heterocycles. The topological polar surface area (TPSA) is 44.1 Å². The molecule has 0 N–H and O–H groups in total. The molecule has 0 aliphatic carbocycles. The minimum atomic E-state index is -4.78. The molecule has 0 spiro atoms. The van der Waals surface area contributed by atoms with Crippen molar-refractivity contribution in [2.75, 3.05) is 13.1 Å². The molecule has 0 aromatic heterocycles. The van der Waals surface area contributed by atoms with E-state index in [0.717, 1.165) is 16.9 Å². The summed E-state index contributed by atoms with van der Waals surface area (Å²) in [5, 5.41) is 8.72. The number of carbonyl (C=O) groups is 1. The first-order valence-corrected chi connectivity index (χ1v) is 6.75. The Morgan fingerprint density at radius 3 is 2.29 bits per heavy atom. The van der Waals surface area contributed by atoms with Crippen LogP contribution in [0.5, 0.6) is 0 Å². The van der Waals surface area contributed by atoms with Crippen molar-refractivity contribution in [3.05, 3.63) is 35.4 Å². The molecular formula is C15H15F3N2O. The van der Waals surface area contributed by atoms with Crippen LogP contribution in [0.15, 0.2) is 24.3 Å². The highest BCUT2D eigenvalue weighted by molar-refractivity contribution is 5.81. The van der Waals surface area contributed by atoms with Crippen molar-refractivity contribution in [2.45, 2.75) is 25.4 Å². The van der Waals surface area contributed by atoms with Crippen molar-refractivity contribution in [1.29, 1.82) is 5.26 Å². The number of hydrogen-bond donors (Lipinski definition) is 0. The van der Waals surface area contributed by atoms with Gasteiger partial charge in [0.15, 0.2) is 0 Å². The van der Waals surface area contributed by atoms with Gasteiger partial charge >= 0.3 is 12.1 Å². The summed E-state index contributed by atoms with van der Waals surface area (Å²) in [6, 6.07) is 9.24. The van der Waals surface area contributed by atoms with Crippen molar-refractivity contribution in [2.24, 2.45) is 5.92 Å².